The highest BCUT2D eigenvalue weighted by Gasteiger charge is 2.21. The average molecular weight is 373 g/mol. The molecule has 0 aliphatic rings. The van der Waals surface area contributed by atoms with Crippen LogP contribution in [0, 0.1) is 0 Å². The van der Waals surface area contributed by atoms with Crippen LogP contribution >= 0.6 is 34.8 Å². The van der Waals surface area contributed by atoms with Crippen LogP contribution in [-0.4, -0.2) is 18.0 Å². The van der Waals surface area contributed by atoms with E-state index in [1.54, 1.807) is 36.4 Å². The predicted molar refractivity (Wildman–Crippen MR) is 91.4 cm³/mol. The molecule has 4 nitrogen and oxygen atoms in total. The lowest BCUT2D eigenvalue weighted by Crippen LogP contribution is -2.30. The van der Waals surface area contributed by atoms with Crippen molar-refractivity contribution in [1.82, 2.24) is 0 Å². The number of hydrogen-bond acceptors (Lipinski definition) is 3. The second-order valence-corrected chi connectivity index (χ2v) is 5.81. The van der Waals surface area contributed by atoms with Gasteiger partial charge >= 0.3 is 5.97 Å². The minimum Gasteiger partial charge on any atom is -0.449 e. The zero-order valence-electron chi connectivity index (χ0n) is 12.0. The van der Waals surface area contributed by atoms with E-state index in [1.807, 2.05) is 0 Å². The summed E-state index contributed by atoms with van der Waals surface area (Å²) >= 11 is 17.8. The van der Waals surface area contributed by atoms with E-state index in [0.29, 0.717) is 10.7 Å². The Bertz CT molecular complexity index is 749. The molecule has 0 heterocycles. The SMILES string of the molecule is CC(OC(=O)c1ccccc1Cl)C(=O)Nc1cccc(Cl)c1Cl. The molecule has 2 rings (SSSR count). The highest BCUT2D eigenvalue weighted by molar-refractivity contribution is 6.44. The van der Waals surface area contributed by atoms with E-state index in [9.17, 15) is 9.59 Å². The molecule has 0 spiro atoms. The van der Waals surface area contributed by atoms with Crippen molar-refractivity contribution in [3.63, 3.8) is 0 Å². The van der Waals surface area contributed by atoms with Crippen molar-refractivity contribution in [1.29, 1.82) is 0 Å². The van der Waals surface area contributed by atoms with E-state index >= 15 is 0 Å². The maximum atomic E-state index is 12.1. The van der Waals surface area contributed by atoms with Crippen molar-refractivity contribution in [3.05, 3.63) is 63.1 Å². The number of esters is 1. The number of rotatable bonds is 4. The second-order valence-electron chi connectivity index (χ2n) is 4.62. The van der Waals surface area contributed by atoms with E-state index in [1.165, 1.54) is 13.0 Å². The van der Waals surface area contributed by atoms with E-state index < -0.39 is 18.0 Å². The summed E-state index contributed by atoms with van der Waals surface area (Å²) in [5.41, 5.74) is 0.527. The Kier molecular flexibility index (Phi) is 5.88. The van der Waals surface area contributed by atoms with Gasteiger partial charge in [0.25, 0.3) is 5.91 Å². The first-order valence-electron chi connectivity index (χ1n) is 6.60. The summed E-state index contributed by atoms with van der Waals surface area (Å²) in [7, 11) is 0. The molecule has 7 heteroatoms. The van der Waals surface area contributed by atoms with Crippen molar-refractivity contribution < 1.29 is 14.3 Å². The average Bonchev–Trinajstić information content (AvgIpc) is 2.52. The highest BCUT2D eigenvalue weighted by atomic mass is 35.5. The highest BCUT2D eigenvalue weighted by Crippen LogP contribution is 2.29. The molecule has 0 aliphatic heterocycles. The molecule has 1 atom stereocenters. The van der Waals surface area contributed by atoms with Crippen LogP contribution in [0.25, 0.3) is 0 Å². The maximum Gasteiger partial charge on any atom is 0.340 e. The maximum absolute atomic E-state index is 12.1. The first-order valence-corrected chi connectivity index (χ1v) is 7.74. The summed E-state index contributed by atoms with van der Waals surface area (Å²) in [6.07, 6.45) is -1.03. The van der Waals surface area contributed by atoms with Gasteiger partial charge in [-0.15, -0.1) is 0 Å². The molecule has 2 aromatic carbocycles. The number of anilines is 1. The smallest absolute Gasteiger partial charge is 0.340 e. The van der Waals surface area contributed by atoms with E-state index in [4.69, 9.17) is 39.5 Å². The zero-order chi connectivity index (χ0) is 17.0. The number of amides is 1. The van der Waals surface area contributed by atoms with Gasteiger partial charge in [-0.1, -0.05) is 53.0 Å². The zero-order valence-corrected chi connectivity index (χ0v) is 14.2. The van der Waals surface area contributed by atoms with Crippen LogP contribution < -0.4 is 5.32 Å². The number of carbonyl (C=O) groups is 2. The number of benzene rings is 2. The lowest BCUT2D eigenvalue weighted by Gasteiger charge is -2.15. The van der Waals surface area contributed by atoms with Gasteiger partial charge in [-0.3, -0.25) is 4.79 Å². The molecule has 2 aromatic rings. The van der Waals surface area contributed by atoms with Crippen LogP contribution in [0.5, 0.6) is 0 Å². The van der Waals surface area contributed by atoms with Gasteiger partial charge in [0.05, 0.1) is 26.3 Å². The Morgan fingerprint density at radius 1 is 1.00 bits per heavy atom. The summed E-state index contributed by atoms with van der Waals surface area (Å²) in [5, 5.41) is 3.33. The largest absolute Gasteiger partial charge is 0.449 e. The van der Waals surface area contributed by atoms with E-state index in [0.717, 1.165) is 0 Å². The molecule has 23 heavy (non-hydrogen) atoms. The van der Waals surface area contributed by atoms with Crippen LogP contribution in [-0.2, 0) is 9.53 Å². The molecule has 0 bridgehead atoms. The lowest BCUT2D eigenvalue weighted by atomic mass is 10.2. The molecule has 1 amide bonds. The van der Waals surface area contributed by atoms with Crippen LogP contribution in [0.2, 0.25) is 15.1 Å². The van der Waals surface area contributed by atoms with Gasteiger partial charge in [0, 0.05) is 0 Å². The number of nitrogens with one attached hydrogen (secondary N) is 1. The third-order valence-electron chi connectivity index (χ3n) is 2.96. The Labute approximate surface area is 148 Å². The molecule has 0 saturated carbocycles. The van der Waals surface area contributed by atoms with Gasteiger partial charge in [-0.05, 0) is 31.2 Å². The normalized spacial score (nSPS) is 11.7. The van der Waals surface area contributed by atoms with Gasteiger partial charge in [-0.2, -0.15) is 0 Å². The van der Waals surface area contributed by atoms with Crippen LogP contribution in [0.4, 0.5) is 5.69 Å². The second kappa shape index (κ2) is 7.68. The number of hydrogen-bond donors (Lipinski definition) is 1. The third kappa shape index (κ3) is 4.38. The Balaban J connectivity index is 2.04. The van der Waals surface area contributed by atoms with Crippen molar-refractivity contribution in [2.75, 3.05) is 5.32 Å². The first-order chi connectivity index (χ1) is 10.9. The minimum atomic E-state index is -1.03. The quantitative estimate of drug-likeness (QED) is 0.782. The number of halogens is 3. The van der Waals surface area contributed by atoms with E-state index in [-0.39, 0.29) is 15.6 Å². The fraction of sp³-hybridized carbons (Fsp3) is 0.125. The van der Waals surface area contributed by atoms with Crippen LogP contribution in [0.15, 0.2) is 42.5 Å². The summed E-state index contributed by atoms with van der Waals surface area (Å²) in [6, 6.07) is 11.3. The fourth-order valence-electron chi connectivity index (χ4n) is 1.74. The Hall–Kier alpha value is -1.75. The summed E-state index contributed by atoms with van der Waals surface area (Å²) in [5.74, 6) is -1.22. The standard InChI is InChI=1S/C16H12Cl3NO3/c1-9(23-16(22)10-5-2-3-6-11(10)17)15(21)20-13-8-4-7-12(18)14(13)19/h2-9H,1H3,(H,20,21). The van der Waals surface area contributed by atoms with Gasteiger partial charge in [0.1, 0.15) is 0 Å². The Morgan fingerprint density at radius 3 is 2.35 bits per heavy atom. The Morgan fingerprint density at radius 2 is 1.65 bits per heavy atom. The van der Waals surface area contributed by atoms with Crippen LogP contribution in [0.3, 0.4) is 0 Å². The topological polar surface area (TPSA) is 55.4 Å². The van der Waals surface area contributed by atoms with Crippen molar-refractivity contribution in [2.24, 2.45) is 0 Å². The van der Waals surface area contributed by atoms with E-state index in [2.05, 4.69) is 5.32 Å². The fourth-order valence-corrected chi connectivity index (χ4v) is 2.30. The number of carbonyl (C=O) groups excluding carboxylic acids is 2. The molecule has 0 radical (unpaired) electrons. The lowest BCUT2D eigenvalue weighted by molar-refractivity contribution is -0.123. The molecule has 1 unspecified atom stereocenters. The molecule has 1 N–H and O–H groups in total. The number of ether oxygens (including phenoxy) is 1. The van der Waals surface area contributed by atoms with Crippen molar-refractivity contribution >= 4 is 52.4 Å². The van der Waals surface area contributed by atoms with Gasteiger partial charge in [0.15, 0.2) is 6.10 Å². The van der Waals surface area contributed by atoms with Crippen molar-refractivity contribution in [2.45, 2.75) is 13.0 Å². The van der Waals surface area contributed by atoms with Gasteiger partial charge < -0.3 is 10.1 Å². The predicted octanol–water partition coefficient (Wildman–Crippen LogP) is 4.83. The third-order valence-corrected chi connectivity index (χ3v) is 4.10. The van der Waals surface area contributed by atoms with Crippen molar-refractivity contribution in [3.8, 4) is 0 Å². The molecule has 0 aromatic heterocycles. The molecule has 0 fully saturated rings. The summed E-state index contributed by atoms with van der Waals surface area (Å²) < 4.78 is 5.11. The first kappa shape index (κ1) is 17.6. The van der Waals surface area contributed by atoms with Gasteiger partial charge in [0.2, 0.25) is 0 Å². The minimum absolute atomic E-state index is 0.189. The summed E-state index contributed by atoms with van der Waals surface area (Å²) in [4.78, 5) is 24.1. The summed E-state index contributed by atoms with van der Waals surface area (Å²) in [6.45, 7) is 1.45. The monoisotopic (exact) mass is 371 g/mol. The van der Waals surface area contributed by atoms with Crippen LogP contribution in [0.1, 0.15) is 17.3 Å². The molecular formula is C16H12Cl3NO3. The molecule has 120 valence electrons. The molecule has 0 aliphatic carbocycles. The van der Waals surface area contributed by atoms with Gasteiger partial charge in [-0.25, -0.2) is 4.79 Å². The molecular weight excluding hydrogens is 361 g/mol. The molecule has 0 saturated heterocycles.